The highest BCUT2D eigenvalue weighted by Crippen LogP contribution is 2.42. The number of halogens is 3. The summed E-state index contributed by atoms with van der Waals surface area (Å²) in [5, 5.41) is 11.7. The van der Waals surface area contributed by atoms with Crippen molar-refractivity contribution in [2.45, 2.75) is 37.0 Å². The van der Waals surface area contributed by atoms with Crippen LogP contribution >= 0.6 is 0 Å². The van der Waals surface area contributed by atoms with Gasteiger partial charge in [-0.3, -0.25) is 9.80 Å². The molecule has 0 aliphatic carbocycles. The number of carbonyl (C=O) groups is 1. The van der Waals surface area contributed by atoms with Gasteiger partial charge in [-0.25, -0.2) is 18.0 Å². The van der Waals surface area contributed by atoms with Crippen molar-refractivity contribution in [3.8, 4) is 35.2 Å². The standard InChI is InChI=1S/C34H30F3N5O4/c1-2-23-27(36)7-4-19-12-22(43)13-26(28(19)23)24-5-6-25-30(29(24)37)38-32(46-18-34-8-3-9-41(34)15-20(35)14-34)39-31(25)40-10-11-42-21(16-40)17-45-33(42)44/h1,4-7,12-13,20-21,43H,3,8-11,14-18H2/t20-,21-,34+/m1/s1. The van der Waals surface area contributed by atoms with Crippen LogP contribution in [0.4, 0.5) is 23.8 Å². The molecule has 1 N–H and O–H groups in total. The maximum absolute atomic E-state index is 16.8. The van der Waals surface area contributed by atoms with Gasteiger partial charge in [0.1, 0.15) is 42.3 Å². The minimum atomic E-state index is -0.945. The van der Waals surface area contributed by atoms with Gasteiger partial charge in [0.25, 0.3) is 0 Å². The average molecular weight is 630 g/mol. The van der Waals surface area contributed by atoms with Crippen LogP contribution in [0.5, 0.6) is 11.8 Å². The molecule has 0 radical (unpaired) electrons. The minimum absolute atomic E-state index is 0.0376. The highest BCUT2D eigenvalue weighted by atomic mass is 19.1. The van der Waals surface area contributed by atoms with Crippen molar-refractivity contribution in [2.75, 3.05) is 50.8 Å². The number of benzene rings is 3. The van der Waals surface area contributed by atoms with Crippen LogP contribution < -0.4 is 9.64 Å². The molecule has 1 aromatic heterocycles. The monoisotopic (exact) mass is 629 g/mol. The number of terminal acetylenes is 1. The number of aromatic hydroxyl groups is 1. The quantitative estimate of drug-likeness (QED) is 0.308. The van der Waals surface area contributed by atoms with E-state index in [2.05, 4.69) is 15.8 Å². The smallest absolute Gasteiger partial charge is 0.410 e. The first-order chi connectivity index (χ1) is 22.2. The molecule has 0 bridgehead atoms. The van der Waals surface area contributed by atoms with Crippen LogP contribution in [-0.4, -0.2) is 94.7 Å². The molecule has 3 atom stereocenters. The summed E-state index contributed by atoms with van der Waals surface area (Å²) in [5.41, 5.74) is -0.290. The van der Waals surface area contributed by atoms with Crippen LogP contribution in [0.25, 0.3) is 32.8 Å². The van der Waals surface area contributed by atoms with Gasteiger partial charge < -0.3 is 19.5 Å². The van der Waals surface area contributed by atoms with Gasteiger partial charge in [-0.15, -0.1) is 6.42 Å². The second-order valence-corrected chi connectivity index (χ2v) is 12.5. The van der Waals surface area contributed by atoms with Gasteiger partial charge in [-0.2, -0.15) is 9.97 Å². The molecule has 9 nitrogen and oxygen atoms in total. The Morgan fingerprint density at radius 3 is 2.83 bits per heavy atom. The van der Waals surface area contributed by atoms with Crippen molar-refractivity contribution in [2.24, 2.45) is 0 Å². The van der Waals surface area contributed by atoms with Crippen molar-refractivity contribution in [3.05, 3.63) is 53.6 Å². The number of cyclic esters (lactones) is 1. The predicted molar refractivity (Wildman–Crippen MR) is 165 cm³/mol. The number of amides is 1. The Bertz CT molecular complexity index is 1970. The minimum Gasteiger partial charge on any atom is -0.508 e. The molecule has 4 aliphatic rings. The highest BCUT2D eigenvalue weighted by Gasteiger charge is 2.49. The Labute approximate surface area is 262 Å². The molecule has 4 aliphatic heterocycles. The lowest BCUT2D eigenvalue weighted by atomic mass is 9.93. The number of ether oxygens (including phenoxy) is 2. The van der Waals surface area contributed by atoms with Crippen LogP contribution in [0.2, 0.25) is 0 Å². The van der Waals surface area contributed by atoms with Gasteiger partial charge in [-0.1, -0.05) is 18.1 Å². The number of rotatable bonds is 5. The van der Waals surface area contributed by atoms with Crippen molar-refractivity contribution in [1.82, 2.24) is 19.8 Å². The van der Waals surface area contributed by atoms with Crippen molar-refractivity contribution >= 4 is 33.6 Å². The largest absolute Gasteiger partial charge is 0.508 e. The number of alkyl halides is 1. The maximum atomic E-state index is 16.8. The molecule has 5 heterocycles. The average Bonchev–Trinajstić information content (AvgIpc) is 3.71. The molecule has 0 spiro atoms. The van der Waals surface area contributed by atoms with E-state index in [9.17, 15) is 18.7 Å². The third-order valence-electron chi connectivity index (χ3n) is 9.90. The fraction of sp³-hybridized carbons (Fsp3) is 0.382. The summed E-state index contributed by atoms with van der Waals surface area (Å²) in [7, 11) is 0. The number of anilines is 1. The zero-order valence-corrected chi connectivity index (χ0v) is 24.8. The number of piperazine rings is 1. The van der Waals surface area contributed by atoms with Crippen LogP contribution in [0.15, 0.2) is 36.4 Å². The van der Waals surface area contributed by atoms with E-state index in [0.29, 0.717) is 49.2 Å². The number of fused-ring (bicyclic) bond motifs is 4. The molecule has 3 aromatic carbocycles. The molecular formula is C34H30F3N5O4. The summed E-state index contributed by atoms with van der Waals surface area (Å²) in [6.45, 7) is 2.76. The number of phenols is 1. The molecule has 4 saturated heterocycles. The zero-order chi connectivity index (χ0) is 31.7. The topological polar surface area (TPSA) is 91.3 Å². The normalized spacial score (nSPS) is 24.3. The number of aromatic nitrogens is 2. The van der Waals surface area contributed by atoms with Gasteiger partial charge in [0.05, 0.1) is 17.1 Å². The third kappa shape index (κ3) is 4.47. The first-order valence-electron chi connectivity index (χ1n) is 15.4. The fourth-order valence-electron chi connectivity index (χ4n) is 7.75. The lowest BCUT2D eigenvalue weighted by molar-refractivity contribution is 0.107. The summed E-state index contributed by atoms with van der Waals surface area (Å²) in [4.78, 5) is 27.2. The zero-order valence-electron chi connectivity index (χ0n) is 24.8. The van der Waals surface area contributed by atoms with Crippen molar-refractivity contribution < 1.29 is 32.5 Å². The first-order valence-corrected chi connectivity index (χ1v) is 15.4. The molecule has 46 heavy (non-hydrogen) atoms. The van der Waals surface area contributed by atoms with E-state index in [1.54, 1.807) is 11.0 Å². The van der Waals surface area contributed by atoms with Gasteiger partial charge in [0.2, 0.25) is 0 Å². The lowest BCUT2D eigenvalue weighted by Gasteiger charge is -2.36. The van der Waals surface area contributed by atoms with Crippen LogP contribution in [0.1, 0.15) is 24.8 Å². The van der Waals surface area contributed by atoms with E-state index in [0.717, 1.165) is 19.4 Å². The van der Waals surface area contributed by atoms with E-state index in [1.807, 2.05) is 4.90 Å². The summed E-state index contributed by atoms with van der Waals surface area (Å²) < 4.78 is 57.6. The second-order valence-electron chi connectivity index (χ2n) is 12.5. The van der Waals surface area contributed by atoms with Gasteiger partial charge in [0.15, 0.2) is 5.82 Å². The summed E-state index contributed by atoms with van der Waals surface area (Å²) in [6, 6.07) is 8.46. The molecule has 0 unspecified atom stereocenters. The van der Waals surface area contributed by atoms with Gasteiger partial charge >= 0.3 is 12.1 Å². The SMILES string of the molecule is C#Cc1c(F)ccc2cc(O)cc(-c3ccc4c(N5CCN6C(=O)OC[C@H]6C5)nc(OC[C@@]56CCCN5C[C@H](F)C6)nc4c3F)c12. The van der Waals surface area contributed by atoms with E-state index in [-0.39, 0.29) is 64.7 Å². The van der Waals surface area contributed by atoms with E-state index in [1.165, 1.54) is 30.3 Å². The third-order valence-corrected chi connectivity index (χ3v) is 9.90. The van der Waals surface area contributed by atoms with E-state index >= 15 is 4.39 Å². The summed E-state index contributed by atoms with van der Waals surface area (Å²) in [6.07, 6.45) is 6.44. The highest BCUT2D eigenvalue weighted by molar-refractivity contribution is 6.04. The molecule has 236 valence electrons. The Hall–Kier alpha value is -4.76. The Balaban J connectivity index is 1.26. The number of carbonyl (C=O) groups excluding carboxylic acids is 1. The van der Waals surface area contributed by atoms with Crippen LogP contribution in [0, 0.1) is 24.0 Å². The Morgan fingerprint density at radius 2 is 1.98 bits per heavy atom. The summed E-state index contributed by atoms with van der Waals surface area (Å²) in [5.74, 6) is 1.29. The number of nitrogens with zero attached hydrogens (tertiary/aromatic N) is 5. The molecule has 4 aromatic rings. The predicted octanol–water partition coefficient (Wildman–Crippen LogP) is 5.01. The van der Waals surface area contributed by atoms with Gasteiger partial charge in [-0.05, 0) is 54.6 Å². The Morgan fingerprint density at radius 1 is 1.11 bits per heavy atom. The molecule has 1 amide bonds. The molecular weight excluding hydrogens is 599 g/mol. The fourth-order valence-corrected chi connectivity index (χ4v) is 7.75. The second kappa shape index (κ2) is 10.7. The van der Waals surface area contributed by atoms with Crippen LogP contribution in [-0.2, 0) is 4.74 Å². The summed E-state index contributed by atoms with van der Waals surface area (Å²) >= 11 is 0. The molecule has 12 heteroatoms. The van der Waals surface area contributed by atoms with Gasteiger partial charge in [0, 0.05) is 48.9 Å². The lowest BCUT2D eigenvalue weighted by Crippen LogP contribution is -2.52. The van der Waals surface area contributed by atoms with Crippen molar-refractivity contribution in [3.63, 3.8) is 0 Å². The van der Waals surface area contributed by atoms with E-state index in [4.69, 9.17) is 20.9 Å². The number of phenolic OH excluding ortho intramolecular Hbond substituents is 1. The molecule has 8 rings (SSSR count). The number of hydrogen-bond donors (Lipinski definition) is 1. The first kappa shape index (κ1) is 28.7. The van der Waals surface area contributed by atoms with Crippen LogP contribution in [0.3, 0.4) is 0 Å². The Kier molecular flexibility index (Phi) is 6.65. The number of hydrogen-bond acceptors (Lipinski definition) is 8. The van der Waals surface area contributed by atoms with E-state index < -0.39 is 23.3 Å². The van der Waals surface area contributed by atoms with Crippen molar-refractivity contribution in [1.29, 1.82) is 0 Å². The molecule has 4 fully saturated rings. The maximum Gasteiger partial charge on any atom is 0.410 e. The molecule has 0 saturated carbocycles.